The van der Waals surface area contributed by atoms with Gasteiger partial charge in [-0.15, -0.1) is 0 Å². The fraction of sp³-hybridized carbons (Fsp3) is 0. The van der Waals surface area contributed by atoms with Gasteiger partial charge in [-0.3, -0.25) is 4.72 Å². The van der Waals surface area contributed by atoms with E-state index in [-0.39, 0.29) is 4.47 Å². The monoisotopic (exact) mass is 365 g/mol. The first-order valence-electron chi connectivity index (χ1n) is 5.23. The van der Waals surface area contributed by atoms with Crippen LogP contribution in [0.5, 0.6) is 0 Å². The van der Waals surface area contributed by atoms with Crippen molar-refractivity contribution in [2.24, 2.45) is 0 Å². The predicted molar refractivity (Wildman–Crippen MR) is 71.3 cm³/mol. The normalized spacial score (nSPS) is 11.4. The number of rotatable bonds is 3. The predicted octanol–water partition coefficient (Wildman–Crippen LogP) is 3.67. The lowest BCUT2D eigenvalue weighted by Gasteiger charge is -2.10. The van der Waals surface area contributed by atoms with Crippen molar-refractivity contribution in [3.05, 3.63) is 58.3 Å². The Hall–Kier alpha value is -1.54. The first-order valence-corrected chi connectivity index (χ1v) is 7.51. The molecule has 106 valence electrons. The van der Waals surface area contributed by atoms with E-state index >= 15 is 0 Å². The van der Waals surface area contributed by atoms with Crippen LogP contribution in [0.4, 0.5) is 18.9 Å². The average molecular weight is 366 g/mol. The van der Waals surface area contributed by atoms with Gasteiger partial charge in [0.05, 0.1) is 9.37 Å². The molecule has 20 heavy (non-hydrogen) atoms. The molecule has 0 atom stereocenters. The summed E-state index contributed by atoms with van der Waals surface area (Å²) in [7, 11) is -4.29. The van der Waals surface area contributed by atoms with Gasteiger partial charge >= 0.3 is 0 Å². The molecular weight excluding hydrogens is 359 g/mol. The van der Waals surface area contributed by atoms with Crippen LogP contribution in [-0.2, 0) is 10.0 Å². The number of nitrogens with one attached hydrogen (secondary N) is 1. The molecule has 8 heteroatoms. The fourth-order valence-electron chi connectivity index (χ4n) is 1.43. The Morgan fingerprint density at radius 3 is 2.10 bits per heavy atom. The molecule has 0 saturated heterocycles. The molecule has 1 N–H and O–H groups in total. The van der Waals surface area contributed by atoms with E-state index in [1.54, 1.807) is 4.72 Å². The summed E-state index contributed by atoms with van der Waals surface area (Å²) in [6.07, 6.45) is 0. The highest BCUT2D eigenvalue weighted by molar-refractivity contribution is 9.10. The van der Waals surface area contributed by atoms with E-state index in [9.17, 15) is 21.6 Å². The molecule has 0 aromatic heterocycles. The van der Waals surface area contributed by atoms with Gasteiger partial charge in [-0.25, -0.2) is 21.6 Å². The molecule has 0 radical (unpaired) electrons. The maximum atomic E-state index is 13.4. The van der Waals surface area contributed by atoms with Crippen molar-refractivity contribution in [1.82, 2.24) is 0 Å². The zero-order valence-electron chi connectivity index (χ0n) is 9.70. The Kier molecular flexibility index (Phi) is 4.05. The Balaban J connectivity index is 2.43. The second-order valence-electron chi connectivity index (χ2n) is 3.78. The summed E-state index contributed by atoms with van der Waals surface area (Å²) in [5.41, 5.74) is -0.809. The van der Waals surface area contributed by atoms with Crippen LogP contribution in [0.15, 0.2) is 45.8 Å². The molecule has 2 rings (SSSR count). The second-order valence-corrected chi connectivity index (χ2v) is 6.31. The number of hydrogen-bond donors (Lipinski definition) is 1. The maximum absolute atomic E-state index is 13.4. The first kappa shape index (κ1) is 14.9. The largest absolute Gasteiger partial charge is 0.274 e. The van der Waals surface area contributed by atoms with Gasteiger partial charge in [-0.2, -0.15) is 0 Å². The number of para-hydroxylation sites is 1. The molecule has 2 aromatic rings. The number of benzene rings is 2. The molecular formula is C12H7BrF3NO2S. The SMILES string of the molecule is O=S(=O)(Nc1c(F)cccc1F)c1ccc(Br)c(F)c1. The van der Waals surface area contributed by atoms with Crippen LogP contribution in [0.25, 0.3) is 0 Å². The average Bonchev–Trinajstić information content (AvgIpc) is 2.37. The summed E-state index contributed by atoms with van der Waals surface area (Å²) in [6.45, 7) is 0. The van der Waals surface area contributed by atoms with Crippen LogP contribution in [0.2, 0.25) is 0 Å². The highest BCUT2D eigenvalue weighted by Crippen LogP contribution is 2.24. The lowest BCUT2D eigenvalue weighted by atomic mass is 10.3. The van der Waals surface area contributed by atoms with Gasteiger partial charge in [0.25, 0.3) is 10.0 Å². The second kappa shape index (κ2) is 5.45. The van der Waals surface area contributed by atoms with Crippen molar-refractivity contribution in [3.8, 4) is 0 Å². The molecule has 0 aliphatic carbocycles. The summed E-state index contributed by atoms with van der Waals surface area (Å²) in [5.74, 6) is -2.93. The van der Waals surface area contributed by atoms with Crippen molar-refractivity contribution < 1.29 is 21.6 Å². The molecule has 0 aliphatic heterocycles. The van der Waals surface area contributed by atoms with Crippen molar-refractivity contribution in [2.75, 3.05) is 4.72 Å². The molecule has 0 amide bonds. The Labute approximate surface area is 121 Å². The molecule has 0 heterocycles. The number of halogens is 4. The van der Waals surface area contributed by atoms with E-state index in [1.807, 2.05) is 0 Å². The van der Waals surface area contributed by atoms with Gasteiger partial charge in [0.2, 0.25) is 0 Å². The third kappa shape index (κ3) is 2.96. The van der Waals surface area contributed by atoms with Crippen LogP contribution >= 0.6 is 15.9 Å². The highest BCUT2D eigenvalue weighted by atomic mass is 79.9. The van der Waals surface area contributed by atoms with Crippen LogP contribution in [0.1, 0.15) is 0 Å². The number of hydrogen-bond acceptors (Lipinski definition) is 2. The Morgan fingerprint density at radius 1 is 0.950 bits per heavy atom. The molecule has 0 unspecified atom stereocenters. The van der Waals surface area contributed by atoms with Crippen molar-refractivity contribution in [2.45, 2.75) is 4.90 Å². The van der Waals surface area contributed by atoms with Gasteiger partial charge in [-0.1, -0.05) is 6.07 Å². The van der Waals surface area contributed by atoms with E-state index < -0.39 is 38.1 Å². The topological polar surface area (TPSA) is 46.2 Å². The van der Waals surface area contributed by atoms with Crippen molar-refractivity contribution in [1.29, 1.82) is 0 Å². The summed E-state index contributed by atoms with van der Waals surface area (Å²) in [6, 6.07) is 5.94. The smallest absolute Gasteiger partial charge is 0.262 e. The standard InChI is InChI=1S/C12H7BrF3NO2S/c13-8-5-4-7(6-11(8)16)20(18,19)17-12-9(14)2-1-3-10(12)15/h1-6,17H. The third-order valence-corrected chi connectivity index (χ3v) is 4.39. The van der Waals surface area contributed by atoms with Crippen LogP contribution in [0, 0.1) is 17.5 Å². The molecule has 0 saturated carbocycles. The van der Waals surface area contributed by atoms with Gasteiger partial charge in [0.15, 0.2) is 0 Å². The van der Waals surface area contributed by atoms with Crippen molar-refractivity contribution in [3.63, 3.8) is 0 Å². The van der Waals surface area contributed by atoms with E-state index in [4.69, 9.17) is 0 Å². The zero-order valence-corrected chi connectivity index (χ0v) is 12.1. The van der Waals surface area contributed by atoms with Crippen molar-refractivity contribution >= 4 is 31.6 Å². The Bertz CT molecular complexity index is 745. The fourth-order valence-corrected chi connectivity index (χ4v) is 2.77. The van der Waals surface area contributed by atoms with E-state index in [0.29, 0.717) is 0 Å². The highest BCUT2D eigenvalue weighted by Gasteiger charge is 2.20. The summed E-state index contributed by atoms with van der Waals surface area (Å²) in [4.78, 5) is -0.444. The molecule has 0 fully saturated rings. The lowest BCUT2D eigenvalue weighted by Crippen LogP contribution is -2.15. The zero-order chi connectivity index (χ0) is 14.9. The van der Waals surface area contributed by atoms with E-state index in [2.05, 4.69) is 15.9 Å². The van der Waals surface area contributed by atoms with Gasteiger partial charge in [-0.05, 0) is 46.3 Å². The maximum Gasteiger partial charge on any atom is 0.262 e. The van der Waals surface area contributed by atoms with Crippen LogP contribution in [0.3, 0.4) is 0 Å². The van der Waals surface area contributed by atoms with Gasteiger partial charge in [0.1, 0.15) is 23.1 Å². The number of sulfonamides is 1. The molecule has 0 bridgehead atoms. The minimum atomic E-state index is -4.29. The minimum absolute atomic E-state index is 0.0773. The lowest BCUT2D eigenvalue weighted by molar-refractivity contribution is 0.581. The van der Waals surface area contributed by atoms with E-state index in [0.717, 1.165) is 30.3 Å². The van der Waals surface area contributed by atoms with Crippen LogP contribution in [-0.4, -0.2) is 8.42 Å². The summed E-state index contributed by atoms with van der Waals surface area (Å²) in [5, 5.41) is 0. The first-order chi connectivity index (χ1) is 9.31. The van der Waals surface area contributed by atoms with Crippen LogP contribution < -0.4 is 4.72 Å². The molecule has 3 nitrogen and oxygen atoms in total. The molecule has 2 aromatic carbocycles. The van der Waals surface area contributed by atoms with Gasteiger partial charge in [0, 0.05) is 0 Å². The summed E-state index contributed by atoms with van der Waals surface area (Å²) >= 11 is 2.88. The molecule has 0 spiro atoms. The molecule has 0 aliphatic rings. The van der Waals surface area contributed by atoms with E-state index in [1.165, 1.54) is 6.07 Å². The quantitative estimate of drug-likeness (QED) is 0.901. The third-order valence-electron chi connectivity index (χ3n) is 2.40. The van der Waals surface area contributed by atoms with Gasteiger partial charge < -0.3 is 0 Å². The Morgan fingerprint density at radius 2 is 1.55 bits per heavy atom. The summed E-state index contributed by atoms with van der Waals surface area (Å²) < 4.78 is 65.8. The minimum Gasteiger partial charge on any atom is -0.274 e. The number of anilines is 1.